The van der Waals surface area contributed by atoms with Gasteiger partial charge in [-0.15, -0.1) is 0 Å². The van der Waals surface area contributed by atoms with Crippen LogP contribution >= 0.6 is 0 Å². The van der Waals surface area contributed by atoms with E-state index in [2.05, 4.69) is 15.5 Å². The van der Waals surface area contributed by atoms with Gasteiger partial charge in [0.25, 0.3) is 0 Å². The van der Waals surface area contributed by atoms with Crippen LogP contribution in [0, 0.1) is 0 Å². The third kappa shape index (κ3) is 3.74. The Labute approximate surface area is 123 Å². The molecule has 7 heteroatoms. The normalized spacial score (nSPS) is 17.2. The lowest BCUT2D eigenvalue weighted by Crippen LogP contribution is -2.39. The molecule has 0 saturated carbocycles. The van der Waals surface area contributed by atoms with Gasteiger partial charge in [-0.25, -0.2) is 9.59 Å². The van der Waals surface area contributed by atoms with Crippen molar-refractivity contribution in [3.8, 4) is 0 Å². The molecule has 1 aliphatic carbocycles. The van der Waals surface area contributed by atoms with Crippen LogP contribution in [0.5, 0.6) is 0 Å². The zero-order chi connectivity index (χ0) is 15.6. The summed E-state index contributed by atoms with van der Waals surface area (Å²) in [5.74, 6) is -0.437. The van der Waals surface area contributed by atoms with Crippen molar-refractivity contribution >= 4 is 12.1 Å². The summed E-state index contributed by atoms with van der Waals surface area (Å²) < 4.78 is 10.2. The Bertz CT molecular complexity index is 545. The van der Waals surface area contributed by atoms with E-state index in [0.717, 1.165) is 11.3 Å². The van der Waals surface area contributed by atoms with Gasteiger partial charge in [-0.2, -0.15) is 5.10 Å². The highest BCUT2D eigenvalue weighted by atomic mass is 16.6. The van der Waals surface area contributed by atoms with E-state index >= 15 is 0 Å². The number of aromatic nitrogens is 2. The number of hydrogen-bond acceptors (Lipinski definition) is 5. The molecule has 2 rings (SSSR count). The minimum Gasteiger partial charge on any atom is -0.461 e. The van der Waals surface area contributed by atoms with Gasteiger partial charge in [-0.3, -0.25) is 5.10 Å². The number of nitrogens with zero attached hydrogens (tertiary/aromatic N) is 1. The maximum atomic E-state index is 11.8. The molecule has 116 valence electrons. The monoisotopic (exact) mass is 295 g/mol. The van der Waals surface area contributed by atoms with E-state index in [1.165, 1.54) is 0 Å². The van der Waals surface area contributed by atoms with E-state index < -0.39 is 17.7 Å². The van der Waals surface area contributed by atoms with Crippen LogP contribution in [0.4, 0.5) is 4.79 Å². The Morgan fingerprint density at radius 2 is 2.10 bits per heavy atom. The van der Waals surface area contributed by atoms with Crippen molar-refractivity contribution in [2.75, 3.05) is 6.61 Å². The molecule has 1 aromatic heterocycles. The van der Waals surface area contributed by atoms with Gasteiger partial charge < -0.3 is 14.8 Å². The molecule has 0 spiro atoms. The molecule has 1 aromatic rings. The standard InChI is InChI=1S/C14H21N3O4/c1-5-20-12(18)11-9-6-8(7-10(9)16-17-11)15-13(19)21-14(2,3)4/h8H,5-7H2,1-4H3,(H,15,19)(H,16,17)/t8-/m1/s1. The molecule has 2 N–H and O–H groups in total. The van der Waals surface area contributed by atoms with Gasteiger partial charge in [-0.05, 0) is 34.1 Å². The lowest BCUT2D eigenvalue weighted by atomic mass is 10.2. The summed E-state index contributed by atoms with van der Waals surface area (Å²) in [6.45, 7) is 7.49. The minimum absolute atomic E-state index is 0.0997. The molecule has 21 heavy (non-hydrogen) atoms. The number of hydrogen-bond donors (Lipinski definition) is 2. The third-order valence-corrected chi connectivity index (χ3v) is 3.04. The number of nitrogens with one attached hydrogen (secondary N) is 2. The molecular weight excluding hydrogens is 274 g/mol. The molecule has 0 bridgehead atoms. The molecule has 1 atom stereocenters. The molecule has 1 heterocycles. The van der Waals surface area contributed by atoms with Crippen molar-refractivity contribution in [3.05, 3.63) is 17.0 Å². The summed E-state index contributed by atoms with van der Waals surface area (Å²) in [7, 11) is 0. The Morgan fingerprint density at radius 3 is 2.71 bits per heavy atom. The molecule has 1 amide bonds. The summed E-state index contributed by atoms with van der Waals surface area (Å²) >= 11 is 0. The summed E-state index contributed by atoms with van der Waals surface area (Å²) in [5, 5.41) is 9.63. The van der Waals surface area contributed by atoms with Gasteiger partial charge in [0, 0.05) is 23.7 Å². The average Bonchev–Trinajstić information content (AvgIpc) is 2.85. The van der Waals surface area contributed by atoms with Crippen LogP contribution in [0.15, 0.2) is 0 Å². The second-order valence-electron chi connectivity index (χ2n) is 6.00. The van der Waals surface area contributed by atoms with Gasteiger partial charge in [-0.1, -0.05) is 0 Å². The fraction of sp³-hybridized carbons (Fsp3) is 0.643. The van der Waals surface area contributed by atoms with Crippen LogP contribution < -0.4 is 5.32 Å². The van der Waals surface area contributed by atoms with Crippen molar-refractivity contribution in [2.45, 2.75) is 52.2 Å². The van der Waals surface area contributed by atoms with Crippen molar-refractivity contribution in [2.24, 2.45) is 0 Å². The van der Waals surface area contributed by atoms with Crippen molar-refractivity contribution in [1.82, 2.24) is 15.5 Å². The quantitative estimate of drug-likeness (QED) is 0.826. The van der Waals surface area contributed by atoms with Crippen LogP contribution in [0.25, 0.3) is 0 Å². The maximum Gasteiger partial charge on any atom is 0.407 e. The van der Waals surface area contributed by atoms with Crippen LogP contribution in [-0.2, 0) is 22.3 Å². The first-order chi connectivity index (χ1) is 9.80. The molecule has 1 aliphatic rings. The molecule has 0 radical (unpaired) electrons. The van der Waals surface area contributed by atoms with Gasteiger partial charge in [0.15, 0.2) is 5.69 Å². The van der Waals surface area contributed by atoms with E-state index in [1.54, 1.807) is 6.92 Å². The zero-order valence-electron chi connectivity index (χ0n) is 12.8. The Hall–Kier alpha value is -2.05. The summed E-state index contributed by atoms with van der Waals surface area (Å²) in [6.07, 6.45) is 0.684. The highest BCUT2D eigenvalue weighted by molar-refractivity contribution is 5.89. The number of alkyl carbamates (subject to hydrolysis) is 1. The van der Waals surface area contributed by atoms with Crippen LogP contribution in [0.2, 0.25) is 0 Å². The molecule has 0 saturated heterocycles. The lowest BCUT2D eigenvalue weighted by molar-refractivity contribution is 0.0504. The molecular formula is C14H21N3O4. The van der Waals surface area contributed by atoms with Gasteiger partial charge >= 0.3 is 12.1 Å². The number of esters is 1. The number of carbonyl (C=O) groups is 2. The first kappa shape index (κ1) is 15.3. The smallest absolute Gasteiger partial charge is 0.407 e. The van der Waals surface area contributed by atoms with E-state index in [-0.39, 0.29) is 6.04 Å². The van der Waals surface area contributed by atoms with E-state index in [4.69, 9.17) is 9.47 Å². The second kappa shape index (κ2) is 5.75. The fourth-order valence-corrected chi connectivity index (χ4v) is 2.30. The van der Waals surface area contributed by atoms with Gasteiger partial charge in [0.1, 0.15) is 5.60 Å². The average molecular weight is 295 g/mol. The summed E-state index contributed by atoms with van der Waals surface area (Å²) in [5.41, 5.74) is 1.45. The summed E-state index contributed by atoms with van der Waals surface area (Å²) in [6, 6.07) is -0.0997. The first-order valence-corrected chi connectivity index (χ1v) is 7.03. The number of aromatic amines is 1. The molecule has 0 aliphatic heterocycles. The van der Waals surface area contributed by atoms with E-state index in [0.29, 0.717) is 25.1 Å². The SMILES string of the molecule is CCOC(=O)c1n[nH]c2c1C[C@@H](NC(=O)OC(C)(C)C)C2. The second-order valence-corrected chi connectivity index (χ2v) is 6.00. The Morgan fingerprint density at radius 1 is 1.38 bits per heavy atom. The number of ether oxygens (including phenoxy) is 2. The Kier molecular flexibility index (Phi) is 4.20. The van der Waals surface area contributed by atoms with E-state index in [1.807, 2.05) is 20.8 Å². The lowest BCUT2D eigenvalue weighted by Gasteiger charge is -2.21. The highest BCUT2D eigenvalue weighted by Gasteiger charge is 2.31. The van der Waals surface area contributed by atoms with Crippen LogP contribution in [-0.4, -0.2) is 40.5 Å². The van der Waals surface area contributed by atoms with Crippen molar-refractivity contribution in [3.63, 3.8) is 0 Å². The number of H-pyrrole nitrogens is 1. The molecule has 0 fully saturated rings. The predicted molar refractivity (Wildman–Crippen MR) is 75.1 cm³/mol. The molecule has 7 nitrogen and oxygen atoms in total. The van der Waals surface area contributed by atoms with E-state index in [9.17, 15) is 9.59 Å². The van der Waals surface area contributed by atoms with Crippen molar-refractivity contribution in [1.29, 1.82) is 0 Å². The highest BCUT2D eigenvalue weighted by Crippen LogP contribution is 2.24. The van der Waals surface area contributed by atoms with Gasteiger partial charge in [0.05, 0.1) is 6.61 Å². The number of rotatable bonds is 3. The number of carbonyl (C=O) groups excluding carboxylic acids is 2. The molecule has 0 unspecified atom stereocenters. The minimum atomic E-state index is -0.533. The molecule has 0 aromatic carbocycles. The topological polar surface area (TPSA) is 93.3 Å². The van der Waals surface area contributed by atoms with Crippen molar-refractivity contribution < 1.29 is 19.1 Å². The van der Waals surface area contributed by atoms with Crippen LogP contribution in [0.1, 0.15) is 49.4 Å². The first-order valence-electron chi connectivity index (χ1n) is 7.03. The van der Waals surface area contributed by atoms with Crippen LogP contribution in [0.3, 0.4) is 0 Å². The summed E-state index contributed by atoms with van der Waals surface area (Å²) in [4.78, 5) is 23.5. The van der Waals surface area contributed by atoms with Gasteiger partial charge in [0.2, 0.25) is 0 Å². The largest absolute Gasteiger partial charge is 0.461 e. The third-order valence-electron chi connectivity index (χ3n) is 3.04. The zero-order valence-corrected chi connectivity index (χ0v) is 12.8. The fourth-order valence-electron chi connectivity index (χ4n) is 2.30. The number of fused-ring (bicyclic) bond motifs is 1. The Balaban J connectivity index is 1.97. The maximum absolute atomic E-state index is 11.8. The predicted octanol–water partition coefficient (Wildman–Crippen LogP) is 1.58. The number of amides is 1.